The van der Waals surface area contributed by atoms with Crippen molar-refractivity contribution in [3.05, 3.63) is 55.9 Å². The molecule has 0 saturated carbocycles. The third kappa shape index (κ3) is 2.57. The Hall–Kier alpha value is -2.78. The topological polar surface area (TPSA) is 86.7 Å². The molecule has 4 aromatic rings. The first-order valence-electron chi connectivity index (χ1n) is 7.27. The van der Waals surface area contributed by atoms with Gasteiger partial charge in [-0.3, -0.25) is 14.5 Å². The van der Waals surface area contributed by atoms with Crippen molar-refractivity contribution in [1.29, 1.82) is 0 Å². The number of carbonyl (C=O) groups excluding carboxylic acids is 1. The summed E-state index contributed by atoms with van der Waals surface area (Å²) in [4.78, 5) is 29.5. The van der Waals surface area contributed by atoms with Crippen molar-refractivity contribution in [1.82, 2.24) is 9.38 Å². The van der Waals surface area contributed by atoms with Crippen molar-refractivity contribution in [2.45, 2.75) is 13.8 Å². The summed E-state index contributed by atoms with van der Waals surface area (Å²) in [5.74, 6) is -0.175. The lowest BCUT2D eigenvalue weighted by molar-refractivity contribution is -0.385. The van der Waals surface area contributed by atoms with Crippen LogP contribution >= 0.6 is 22.7 Å². The van der Waals surface area contributed by atoms with Crippen molar-refractivity contribution in [2.24, 2.45) is 0 Å². The van der Waals surface area contributed by atoms with Crippen LogP contribution < -0.4 is 4.74 Å². The minimum Gasteiger partial charge on any atom is -0.422 e. The molecule has 9 heteroatoms. The number of carbonyl (C=O) groups is 1. The number of hydrogen-bond acceptors (Lipinski definition) is 7. The SMILES string of the molecule is Cc1cc([N+](=O)[O-])c(C)cc1OC(=O)c1cc2c(nc3sccn32)s1. The van der Waals surface area contributed by atoms with Crippen molar-refractivity contribution in [2.75, 3.05) is 0 Å². The number of hydrogen-bond donors (Lipinski definition) is 0. The standard InChI is InChI=1S/C16H11N3O4S2/c1-8-6-12(9(2)5-10(8)19(21)22)23-15(20)13-7-11-14(25-13)17-16-18(11)3-4-24-16/h3-7H,1-2H3. The number of ether oxygens (including phenoxy) is 1. The van der Waals surface area contributed by atoms with Crippen LogP contribution in [0.15, 0.2) is 29.8 Å². The number of aromatic nitrogens is 2. The molecule has 0 spiro atoms. The number of nitro groups is 1. The van der Waals surface area contributed by atoms with Gasteiger partial charge in [-0.25, -0.2) is 9.78 Å². The van der Waals surface area contributed by atoms with Gasteiger partial charge in [-0.05, 0) is 31.5 Å². The van der Waals surface area contributed by atoms with Crippen LogP contribution in [0.5, 0.6) is 5.75 Å². The summed E-state index contributed by atoms with van der Waals surface area (Å²) in [6.07, 6.45) is 1.90. The Bertz CT molecular complexity index is 1160. The van der Waals surface area contributed by atoms with Gasteiger partial charge in [0.05, 0.1) is 10.4 Å². The molecule has 7 nitrogen and oxygen atoms in total. The van der Waals surface area contributed by atoms with E-state index < -0.39 is 10.9 Å². The van der Waals surface area contributed by atoms with Crippen molar-refractivity contribution in [3.8, 4) is 5.75 Å². The lowest BCUT2D eigenvalue weighted by atomic mass is 10.1. The molecule has 0 aliphatic rings. The quantitative estimate of drug-likeness (QED) is 0.230. The van der Waals surface area contributed by atoms with E-state index in [9.17, 15) is 14.9 Å². The monoisotopic (exact) mass is 373 g/mol. The maximum absolute atomic E-state index is 12.5. The number of thiazole rings is 1. The van der Waals surface area contributed by atoms with E-state index in [0.717, 1.165) is 15.3 Å². The van der Waals surface area contributed by atoms with E-state index in [0.29, 0.717) is 21.8 Å². The minimum absolute atomic E-state index is 0.00702. The summed E-state index contributed by atoms with van der Waals surface area (Å²) in [7, 11) is 0. The van der Waals surface area contributed by atoms with Crippen LogP contribution in [0.4, 0.5) is 5.69 Å². The third-order valence-electron chi connectivity index (χ3n) is 3.83. The molecule has 4 rings (SSSR count). The summed E-state index contributed by atoms with van der Waals surface area (Å²) in [5.41, 5.74) is 1.85. The van der Waals surface area contributed by atoms with Crippen LogP contribution in [0, 0.1) is 24.0 Å². The predicted molar refractivity (Wildman–Crippen MR) is 96.0 cm³/mol. The second-order valence-electron chi connectivity index (χ2n) is 5.52. The van der Waals surface area contributed by atoms with Gasteiger partial charge in [-0.15, -0.1) is 22.7 Å². The molecule has 0 N–H and O–H groups in total. The number of imidazole rings is 1. The molecule has 0 aliphatic carbocycles. The molecule has 25 heavy (non-hydrogen) atoms. The minimum atomic E-state index is -0.497. The lowest BCUT2D eigenvalue weighted by Crippen LogP contribution is -2.08. The van der Waals surface area contributed by atoms with E-state index in [1.807, 2.05) is 16.0 Å². The van der Waals surface area contributed by atoms with Gasteiger partial charge in [-0.2, -0.15) is 0 Å². The number of thiophene rings is 1. The lowest BCUT2D eigenvalue weighted by Gasteiger charge is -2.07. The first-order chi connectivity index (χ1) is 11.9. The Labute approximate surface area is 149 Å². The zero-order valence-electron chi connectivity index (χ0n) is 13.2. The van der Waals surface area contributed by atoms with E-state index in [2.05, 4.69) is 4.98 Å². The molecule has 126 valence electrons. The molecule has 0 unspecified atom stereocenters. The van der Waals surface area contributed by atoms with E-state index in [-0.39, 0.29) is 5.69 Å². The van der Waals surface area contributed by atoms with Gasteiger partial charge in [0.2, 0.25) is 0 Å². The number of nitro benzene ring substituents is 1. The maximum Gasteiger partial charge on any atom is 0.353 e. The van der Waals surface area contributed by atoms with E-state index in [1.54, 1.807) is 19.9 Å². The first kappa shape index (κ1) is 15.7. The zero-order valence-corrected chi connectivity index (χ0v) is 14.8. The molecule has 0 radical (unpaired) electrons. The van der Waals surface area contributed by atoms with Crippen LogP contribution in [0.2, 0.25) is 0 Å². The molecular weight excluding hydrogens is 362 g/mol. The Balaban J connectivity index is 1.66. The molecular formula is C16H11N3O4S2. The molecule has 3 aromatic heterocycles. The first-order valence-corrected chi connectivity index (χ1v) is 8.96. The molecule has 0 fully saturated rings. The highest BCUT2D eigenvalue weighted by molar-refractivity contribution is 7.21. The molecule has 0 amide bonds. The molecule has 3 heterocycles. The fourth-order valence-corrected chi connectivity index (χ4v) is 4.26. The normalized spacial score (nSPS) is 11.3. The fourth-order valence-electron chi connectivity index (χ4n) is 2.58. The van der Waals surface area contributed by atoms with Gasteiger partial charge in [-0.1, -0.05) is 0 Å². The molecule has 0 saturated heterocycles. The largest absolute Gasteiger partial charge is 0.422 e. The Kier molecular flexibility index (Phi) is 3.55. The molecule has 0 atom stereocenters. The van der Waals surface area contributed by atoms with E-state index in [1.165, 1.54) is 34.8 Å². The number of fused-ring (bicyclic) bond motifs is 3. The second kappa shape index (κ2) is 5.64. The van der Waals surface area contributed by atoms with Crippen LogP contribution in [0.1, 0.15) is 20.8 Å². The Morgan fingerprint density at radius 2 is 2.08 bits per heavy atom. The highest BCUT2D eigenvalue weighted by Gasteiger charge is 2.20. The Morgan fingerprint density at radius 3 is 2.84 bits per heavy atom. The average molecular weight is 373 g/mol. The Morgan fingerprint density at radius 1 is 1.28 bits per heavy atom. The van der Waals surface area contributed by atoms with Crippen molar-refractivity contribution >= 4 is 49.6 Å². The fraction of sp³-hybridized carbons (Fsp3) is 0.125. The van der Waals surface area contributed by atoms with Gasteiger partial charge in [0, 0.05) is 23.2 Å². The van der Waals surface area contributed by atoms with Gasteiger partial charge >= 0.3 is 5.97 Å². The second-order valence-corrected chi connectivity index (χ2v) is 7.42. The smallest absolute Gasteiger partial charge is 0.353 e. The number of aryl methyl sites for hydroxylation is 2. The van der Waals surface area contributed by atoms with E-state index in [4.69, 9.17) is 4.74 Å². The molecule has 0 aliphatic heterocycles. The zero-order chi connectivity index (χ0) is 17.7. The van der Waals surface area contributed by atoms with Gasteiger partial charge in [0.25, 0.3) is 5.69 Å². The van der Waals surface area contributed by atoms with E-state index >= 15 is 0 Å². The van der Waals surface area contributed by atoms with Gasteiger partial charge < -0.3 is 4.74 Å². The highest BCUT2D eigenvalue weighted by Crippen LogP contribution is 2.31. The van der Waals surface area contributed by atoms with Crippen LogP contribution in [0.3, 0.4) is 0 Å². The summed E-state index contributed by atoms with van der Waals surface area (Å²) in [6, 6.07) is 4.68. The highest BCUT2D eigenvalue weighted by atomic mass is 32.1. The number of benzene rings is 1. The van der Waals surface area contributed by atoms with Gasteiger partial charge in [0.1, 0.15) is 15.5 Å². The maximum atomic E-state index is 12.5. The predicted octanol–water partition coefficient (Wildman–Crippen LogP) is 4.35. The summed E-state index contributed by atoms with van der Waals surface area (Å²) < 4.78 is 7.38. The number of esters is 1. The summed E-state index contributed by atoms with van der Waals surface area (Å²) in [5, 5.41) is 12.9. The van der Waals surface area contributed by atoms with Crippen molar-refractivity contribution < 1.29 is 14.5 Å². The van der Waals surface area contributed by atoms with Crippen LogP contribution in [0.25, 0.3) is 15.3 Å². The summed E-state index contributed by atoms with van der Waals surface area (Å²) in [6.45, 7) is 3.29. The summed E-state index contributed by atoms with van der Waals surface area (Å²) >= 11 is 2.79. The third-order valence-corrected chi connectivity index (χ3v) is 5.59. The van der Waals surface area contributed by atoms with Crippen LogP contribution in [-0.2, 0) is 0 Å². The van der Waals surface area contributed by atoms with Gasteiger partial charge in [0.15, 0.2) is 4.96 Å². The van der Waals surface area contributed by atoms with Crippen LogP contribution in [-0.4, -0.2) is 20.3 Å². The average Bonchev–Trinajstić information content (AvgIpc) is 3.21. The number of nitrogens with zero attached hydrogens (tertiary/aromatic N) is 3. The van der Waals surface area contributed by atoms with Crippen molar-refractivity contribution in [3.63, 3.8) is 0 Å². The molecule has 1 aromatic carbocycles. The molecule has 0 bridgehead atoms. The number of rotatable bonds is 3.